The number of nitrogens with zero attached hydrogens (tertiary/aromatic N) is 1. The van der Waals surface area contributed by atoms with E-state index in [2.05, 4.69) is 17.3 Å². The second-order valence-electron chi connectivity index (χ2n) is 10.5. The van der Waals surface area contributed by atoms with Gasteiger partial charge in [0.25, 0.3) is 5.91 Å². The van der Waals surface area contributed by atoms with Crippen molar-refractivity contribution in [2.45, 2.75) is 42.9 Å². The highest BCUT2D eigenvalue weighted by atomic mass is 32.2. The van der Waals surface area contributed by atoms with Gasteiger partial charge in [0, 0.05) is 37.1 Å². The van der Waals surface area contributed by atoms with Crippen molar-refractivity contribution >= 4 is 27.5 Å². The number of ether oxygens (including phenoxy) is 1. The SMILES string of the molecule is CN(Cc1ccc(NC(=O)C2=Cc3cc(-c4cccc(C(F)(F)F)c4)ccc3S(=O)(=O)CC2)cc1)C1CCOCC1. The number of sulfone groups is 1. The monoisotopic (exact) mass is 584 g/mol. The Balaban J connectivity index is 1.34. The third-order valence-electron chi connectivity index (χ3n) is 7.59. The maximum absolute atomic E-state index is 13.2. The topological polar surface area (TPSA) is 75.7 Å². The quantitative estimate of drug-likeness (QED) is 0.375. The van der Waals surface area contributed by atoms with Gasteiger partial charge in [-0.05, 0) is 91.0 Å². The molecule has 2 heterocycles. The van der Waals surface area contributed by atoms with Crippen LogP contribution in [0.1, 0.15) is 36.0 Å². The van der Waals surface area contributed by atoms with Crippen molar-refractivity contribution in [1.82, 2.24) is 4.90 Å². The van der Waals surface area contributed by atoms with Gasteiger partial charge in [0.2, 0.25) is 0 Å². The number of carbonyl (C=O) groups excluding carboxylic acids is 1. The minimum absolute atomic E-state index is 0.00964. The van der Waals surface area contributed by atoms with E-state index in [0.29, 0.717) is 22.9 Å². The van der Waals surface area contributed by atoms with Gasteiger partial charge in [-0.3, -0.25) is 9.69 Å². The first-order valence-electron chi connectivity index (χ1n) is 13.4. The molecule has 1 N–H and O–H groups in total. The summed E-state index contributed by atoms with van der Waals surface area (Å²) in [5.74, 6) is -0.677. The van der Waals surface area contributed by atoms with Crippen LogP contribution in [0.3, 0.4) is 0 Å². The van der Waals surface area contributed by atoms with E-state index in [1.54, 1.807) is 0 Å². The summed E-state index contributed by atoms with van der Waals surface area (Å²) in [4.78, 5) is 15.6. The van der Waals surface area contributed by atoms with Crippen LogP contribution >= 0.6 is 0 Å². The molecule has 0 spiro atoms. The van der Waals surface area contributed by atoms with Gasteiger partial charge < -0.3 is 10.1 Å². The van der Waals surface area contributed by atoms with Crippen LogP contribution in [-0.4, -0.2) is 51.3 Å². The Morgan fingerprint density at radius 2 is 1.71 bits per heavy atom. The van der Waals surface area contributed by atoms with Crippen LogP contribution in [0, 0.1) is 0 Å². The van der Waals surface area contributed by atoms with Gasteiger partial charge in [-0.25, -0.2) is 8.42 Å². The Bertz CT molecular complexity index is 1560. The molecule has 2 aliphatic heterocycles. The van der Waals surface area contributed by atoms with E-state index in [4.69, 9.17) is 4.74 Å². The van der Waals surface area contributed by atoms with Crippen molar-refractivity contribution < 1.29 is 31.1 Å². The van der Waals surface area contributed by atoms with Crippen LogP contribution in [0.25, 0.3) is 17.2 Å². The lowest BCUT2D eigenvalue weighted by Gasteiger charge is -2.31. The van der Waals surface area contributed by atoms with Crippen molar-refractivity contribution in [2.75, 3.05) is 31.3 Å². The summed E-state index contributed by atoms with van der Waals surface area (Å²) in [5.41, 5.74) is 2.15. The molecule has 3 aromatic rings. The minimum Gasteiger partial charge on any atom is -0.381 e. The van der Waals surface area contributed by atoms with Gasteiger partial charge in [-0.2, -0.15) is 13.2 Å². The first-order chi connectivity index (χ1) is 19.5. The van der Waals surface area contributed by atoms with E-state index in [-0.39, 0.29) is 28.2 Å². The molecule has 3 aromatic carbocycles. The van der Waals surface area contributed by atoms with E-state index in [9.17, 15) is 26.4 Å². The van der Waals surface area contributed by atoms with E-state index in [0.717, 1.165) is 50.3 Å². The lowest BCUT2D eigenvalue weighted by atomic mass is 9.99. The van der Waals surface area contributed by atoms with Gasteiger partial charge in [0.15, 0.2) is 9.84 Å². The van der Waals surface area contributed by atoms with Gasteiger partial charge in [0.1, 0.15) is 0 Å². The molecule has 6 nitrogen and oxygen atoms in total. The zero-order chi connectivity index (χ0) is 29.2. The molecule has 0 atom stereocenters. The highest BCUT2D eigenvalue weighted by Gasteiger charge is 2.31. The van der Waals surface area contributed by atoms with Gasteiger partial charge in [0.05, 0.1) is 16.2 Å². The second kappa shape index (κ2) is 11.8. The Labute approximate surface area is 237 Å². The van der Waals surface area contributed by atoms with Crippen LogP contribution in [0.15, 0.2) is 77.2 Å². The van der Waals surface area contributed by atoms with Crippen LogP contribution in [-0.2, 0) is 32.1 Å². The zero-order valence-corrected chi connectivity index (χ0v) is 23.4. The fourth-order valence-electron chi connectivity index (χ4n) is 5.24. The number of rotatable bonds is 6. The Kier molecular flexibility index (Phi) is 8.35. The third-order valence-corrected chi connectivity index (χ3v) is 9.37. The summed E-state index contributed by atoms with van der Waals surface area (Å²) in [5, 5.41) is 2.85. The number of alkyl halides is 3. The van der Waals surface area contributed by atoms with Crippen LogP contribution in [0.2, 0.25) is 0 Å². The van der Waals surface area contributed by atoms with Crippen molar-refractivity contribution in [3.8, 4) is 11.1 Å². The lowest BCUT2D eigenvalue weighted by Crippen LogP contribution is -2.36. The number of amides is 1. The van der Waals surface area contributed by atoms with E-state index < -0.39 is 27.5 Å². The molecule has 1 amide bonds. The molecule has 0 aromatic heterocycles. The maximum atomic E-state index is 13.2. The average Bonchev–Trinajstić information content (AvgIpc) is 3.09. The Hall–Kier alpha value is -3.47. The molecule has 1 fully saturated rings. The number of carbonyl (C=O) groups is 1. The van der Waals surface area contributed by atoms with E-state index in [1.807, 2.05) is 24.3 Å². The molecule has 0 radical (unpaired) electrons. The van der Waals surface area contributed by atoms with Crippen molar-refractivity contribution in [2.24, 2.45) is 0 Å². The molecule has 2 aliphatic rings. The first kappa shape index (κ1) is 29.0. The normalized spacial score (nSPS) is 17.4. The molecular weight excluding hydrogens is 553 g/mol. The summed E-state index contributed by atoms with van der Waals surface area (Å²) in [7, 11) is -1.61. The summed E-state index contributed by atoms with van der Waals surface area (Å²) in [6.07, 6.45) is -0.978. The van der Waals surface area contributed by atoms with E-state index >= 15 is 0 Å². The molecule has 5 rings (SSSR count). The predicted octanol–water partition coefficient (Wildman–Crippen LogP) is 6.18. The molecule has 0 bridgehead atoms. The standard InChI is InChI=1S/C31H31F3N2O4S/c1-36(28-11-14-40-15-12-28)20-21-5-8-27(9-6-21)35-30(37)24-13-16-41(38,39)29-10-7-23(17-25(29)18-24)22-3-2-4-26(19-22)31(32,33)34/h2-10,17-19,28H,11-16,20H2,1H3,(H,35,37). The summed E-state index contributed by atoms with van der Waals surface area (Å²) in [6, 6.07) is 17.3. The minimum atomic E-state index is -4.50. The molecule has 41 heavy (non-hydrogen) atoms. The summed E-state index contributed by atoms with van der Waals surface area (Å²) in [6.45, 7) is 2.31. The average molecular weight is 585 g/mol. The molecule has 216 valence electrons. The maximum Gasteiger partial charge on any atom is 0.416 e. The number of nitrogens with one attached hydrogen (secondary N) is 1. The largest absolute Gasteiger partial charge is 0.416 e. The number of halogens is 3. The molecule has 0 aliphatic carbocycles. The van der Waals surface area contributed by atoms with Crippen molar-refractivity contribution in [3.63, 3.8) is 0 Å². The Morgan fingerprint density at radius 1 is 1.00 bits per heavy atom. The lowest BCUT2D eigenvalue weighted by molar-refractivity contribution is -0.137. The molecular formula is C31H31F3N2O4S. The molecule has 1 saturated heterocycles. The number of benzene rings is 3. The highest BCUT2D eigenvalue weighted by Crippen LogP contribution is 2.35. The van der Waals surface area contributed by atoms with Crippen molar-refractivity contribution in [3.05, 3.63) is 89.0 Å². The van der Waals surface area contributed by atoms with Gasteiger partial charge >= 0.3 is 6.18 Å². The number of hydrogen-bond donors (Lipinski definition) is 1. The molecule has 0 saturated carbocycles. The fraction of sp³-hybridized carbons (Fsp3) is 0.323. The van der Waals surface area contributed by atoms with Crippen LogP contribution < -0.4 is 5.32 Å². The highest BCUT2D eigenvalue weighted by molar-refractivity contribution is 7.91. The Morgan fingerprint density at radius 3 is 2.41 bits per heavy atom. The molecule has 10 heteroatoms. The van der Waals surface area contributed by atoms with Crippen LogP contribution in [0.5, 0.6) is 0 Å². The molecule has 0 unspecified atom stereocenters. The fourth-order valence-corrected chi connectivity index (χ4v) is 6.70. The van der Waals surface area contributed by atoms with Crippen LogP contribution in [0.4, 0.5) is 18.9 Å². The first-order valence-corrected chi connectivity index (χ1v) is 15.1. The van der Waals surface area contributed by atoms with Gasteiger partial charge in [-0.15, -0.1) is 0 Å². The predicted molar refractivity (Wildman–Crippen MR) is 152 cm³/mol. The smallest absolute Gasteiger partial charge is 0.381 e. The zero-order valence-electron chi connectivity index (χ0n) is 22.6. The van der Waals surface area contributed by atoms with Crippen molar-refractivity contribution in [1.29, 1.82) is 0 Å². The number of anilines is 1. The van der Waals surface area contributed by atoms with E-state index in [1.165, 1.54) is 36.4 Å². The summed E-state index contributed by atoms with van der Waals surface area (Å²) >= 11 is 0. The third kappa shape index (κ3) is 6.89. The van der Waals surface area contributed by atoms with Gasteiger partial charge in [-0.1, -0.05) is 30.3 Å². The number of fused-ring (bicyclic) bond motifs is 1. The summed E-state index contributed by atoms with van der Waals surface area (Å²) < 4.78 is 71.1. The second-order valence-corrected chi connectivity index (χ2v) is 12.6. The number of hydrogen-bond acceptors (Lipinski definition) is 5.